The molecule has 0 bridgehead atoms. The molecule has 1 heterocycles. The van der Waals surface area contributed by atoms with E-state index in [1.807, 2.05) is 20.8 Å². The standard InChI is InChI=1S/C12H18N2O3S/c1-5-12(3,4)11(17)13-6-8-14-7(2)9(18-8)10(15)16/h5-6H2,1-4H3,(H,13,17)(H,15,16). The molecule has 0 unspecified atom stereocenters. The average Bonchev–Trinajstić information content (AvgIpc) is 2.67. The van der Waals surface area contributed by atoms with Crippen molar-refractivity contribution >= 4 is 23.2 Å². The number of hydrogen-bond acceptors (Lipinski definition) is 4. The van der Waals surface area contributed by atoms with E-state index in [0.29, 0.717) is 10.7 Å². The van der Waals surface area contributed by atoms with Crippen molar-refractivity contribution in [1.82, 2.24) is 10.3 Å². The number of rotatable bonds is 5. The van der Waals surface area contributed by atoms with E-state index in [0.717, 1.165) is 17.8 Å². The molecule has 0 atom stereocenters. The maximum Gasteiger partial charge on any atom is 0.347 e. The molecule has 5 nitrogen and oxygen atoms in total. The highest BCUT2D eigenvalue weighted by Crippen LogP contribution is 2.21. The molecule has 18 heavy (non-hydrogen) atoms. The Kier molecular flexibility index (Phi) is 4.45. The summed E-state index contributed by atoms with van der Waals surface area (Å²) in [5.41, 5.74) is 0.0774. The van der Waals surface area contributed by atoms with Crippen molar-refractivity contribution in [2.24, 2.45) is 5.41 Å². The van der Waals surface area contributed by atoms with Crippen LogP contribution in [-0.4, -0.2) is 22.0 Å². The van der Waals surface area contributed by atoms with Gasteiger partial charge in [-0.25, -0.2) is 9.78 Å². The molecule has 0 aliphatic carbocycles. The van der Waals surface area contributed by atoms with Gasteiger partial charge in [0.2, 0.25) is 5.91 Å². The largest absolute Gasteiger partial charge is 0.477 e. The van der Waals surface area contributed by atoms with Crippen LogP contribution in [0.2, 0.25) is 0 Å². The summed E-state index contributed by atoms with van der Waals surface area (Å²) < 4.78 is 0. The number of aromatic carboxylic acids is 1. The lowest BCUT2D eigenvalue weighted by Gasteiger charge is -2.20. The van der Waals surface area contributed by atoms with Crippen LogP contribution >= 0.6 is 11.3 Å². The monoisotopic (exact) mass is 270 g/mol. The van der Waals surface area contributed by atoms with Crippen molar-refractivity contribution in [3.8, 4) is 0 Å². The summed E-state index contributed by atoms with van der Waals surface area (Å²) in [4.78, 5) is 27.1. The third-order valence-electron chi connectivity index (χ3n) is 2.93. The van der Waals surface area contributed by atoms with Crippen molar-refractivity contribution in [3.05, 3.63) is 15.6 Å². The second kappa shape index (κ2) is 5.48. The van der Waals surface area contributed by atoms with Gasteiger partial charge in [-0.3, -0.25) is 4.79 Å². The van der Waals surface area contributed by atoms with Crippen LogP contribution in [0.25, 0.3) is 0 Å². The lowest BCUT2D eigenvalue weighted by molar-refractivity contribution is -0.129. The molecule has 1 rings (SSSR count). The minimum absolute atomic E-state index is 0.0465. The number of carbonyl (C=O) groups is 2. The second-order valence-electron chi connectivity index (χ2n) is 4.75. The highest BCUT2D eigenvalue weighted by Gasteiger charge is 2.25. The van der Waals surface area contributed by atoms with E-state index in [4.69, 9.17) is 5.11 Å². The van der Waals surface area contributed by atoms with Crippen LogP contribution in [0, 0.1) is 12.3 Å². The Morgan fingerprint density at radius 3 is 2.50 bits per heavy atom. The average molecular weight is 270 g/mol. The van der Waals surface area contributed by atoms with Crippen LogP contribution < -0.4 is 5.32 Å². The number of nitrogens with zero attached hydrogens (tertiary/aromatic N) is 1. The second-order valence-corrected chi connectivity index (χ2v) is 5.83. The first kappa shape index (κ1) is 14.6. The number of carboxylic acids is 1. The SMILES string of the molecule is CCC(C)(C)C(=O)NCc1nc(C)c(C(=O)O)s1. The van der Waals surface area contributed by atoms with E-state index in [9.17, 15) is 9.59 Å². The highest BCUT2D eigenvalue weighted by atomic mass is 32.1. The van der Waals surface area contributed by atoms with Gasteiger partial charge in [0, 0.05) is 5.41 Å². The smallest absolute Gasteiger partial charge is 0.347 e. The Morgan fingerprint density at radius 1 is 1.44 bits per heavy atom. The molecule has 0 spiro atoms. The number of nitrogens with one attached hydrogen (secondary N) is 1. The molecule has 0 aliphatic heterocycles. The van der Waals surface area contributed by atoms with E-state index in [1.54, 1.807) is 6.92 Å². The van der Waals surface area contributed by atoms with Gasteiger partial charge in [0.25, 0.3) is 0 Å². The Bertz CT molecular complexity index is 466. The summed E-state index contributed by atoms with van der Waals surface area (Å²) in [6.45, 7) is 7.63. The van der Waals surface area contributed by atoms with Crippen LogP contribution in [0.3, 0.4) is 0 Å². The van der Waals surface area contributed by atoms with Gasteiger partial charge in [-0.2, -0.15) is 0 Å². The fourth-order valence-corrected chi connectivity index (χ4v) is 2.13. The van der Waals surface area contributed by atoms with Crippen LogP contribution in [0.5, 0.6) is 0 Å². The normalized spacial score (nSPS) is 11.3. The van der Waals surface area contributed by atoms with E-state index in [1.165, 1.54) is 0 Å². The van der Waals surface area contributed by atoms with E-state index >= 15 is 0 Å². The molecule has 1 aromatic heterocycles. The zero-order valence-corrected chi connectivity index (χ0v) is 11.8. The predicted molar refractivity (Wildman–Crippen MR) is 69.7 cm³/mol. The lowest BCUT2D eigenvalue weighted by Crippen LogP contribution is -2.35. The van der Waals surface area contributed by atoms with Crippen LogP contribution in [0.15, 0.2) is 0 Å². The molecule has 0 fully saturated rings. The summed E-state index contributed by atoms with van der Waals surface area (Å²) in [7, 11) is 0. The third kappa shape index (κ3) is 3.29. The number of amides is 1. The molecule has 1 amide bonds. The van der Waals surface area contributed by atoms with Gasteiger partial charge in [0.15, 0.2) is 0 Å². The van der Waals surface area contributed by atoms with E-state index < -0.39 is 11.4 Å². The molecule has 0 aliphatic rings. The third-order valence-corrected chi connectivity index (χ3v) is 4.08. The minimum Gasteiger partial charge on any atom is -0.477 e. The first-order chi connectivity index (χ1) is 8.27. The molecule has 2 N–H and O–H groups in total. The van der Waals surface area contributed by atoms with E-state index in [-0.39, 0.29) is 17.3 Å². The van der Waals surface area contributed by atoms with Crippen molar-refractivity contribution in [1.29, 1.82) is 0 Å². The van der Waals surface area contributed by atoms with Gasteiger partial charge in [0.1, 0.15) is 9.88 Å². The van der Waals surface area contributed by atoms with Crippen molar-refractivity contribution in [3.63, 3.8) is 0 Å². The Morgan fingerprint density at radius 2 is 2.06 bits per heavy atom. The van der Waals surface area contributed by atoms with Crippen molar-refractivity contribution in [2.75, 3.05) is 0 Å². The first-order valence-corrected chi connectivity index (χ1v) is 6.57. The summed E-state index contributed by atoms with van der Waals surface area (Å²) in [5.74, 6) is -1.02. The lowest BCUT2D eigenvalue weighted by atomic mass is 9.89. The highest BCUT2D eigenvalue weighted by molar-refractivity contribution is 7.13. The number of carbonyl (C=O) groups excluding carboxylic acids is 1. The molecule has 0 saturated heterocycles. The van der Waals surface area contributed by atoms with Gasteiger partial charge >= 0.3 is 5.97 Å². The maximum absolute atomic E-state index is 11.8. The zero-order chi connectivity index (χ0) is 13.9. The number of hydrogen-bond donors (Lipinski definition) is 2. The Hall–Kier alpha value is -1.43. The van der Waals surface area contributed by atoms with Crippen molar-refractivity contribution in [2.45, 2.75) is 40.7 Å². The molecule has 6 heteroatoms. The fourth-order valence-electron chi connectivity index (χ4n) is 1.28. The van der Waals surface area contributed by atoms with Gasteiger partial charge in [-0.15, -0.1) is 11.3 Å². The molecule has 0 aromatic carbocycles. The van der Waals surface area contributed by atoms with Gasteiger partial charge in [-0.1, -0.05) is 20.8 Å². The summed E-state index contributed by atoms with van der Waals surface area (Å²) >= 11 is 1.10. The Labute approximate surface area is 110 Å². The van der Waals surface area contributed by atoms with Gasteiger partial charge < -0.3 is 10.4 Å². The summed E-state index contributed by atoms with van der Waals surface area (Å²) in [6.07, 6.45) is 0.746. The molecule has 1 aromatic rings. The van der Waals surface area contributed by atoms with Crippen LogP contribution in [0.1, 0.15) is 47.6 Å². The Balaban J connectivity index is 2.68. The zero-order valence-electron chi connectivity index (χ0n) is 11.0. The van der Waals surface area contributed by atoms with Crippen molar-refractivity contribution < 1.29 is 14.7 Å². The molecule has 100 valence electrons. The predicted octanol–water partition coefficient (Wildman–Crippen LogP) is 2.20. The molecular weight excluding hydrogens is 252 g/mol. The number of aromatic nitrogens is 1. The number of aryl methyl sites for hydroxylation is 1. The topological polar surface area (TPSA) is 79.3 Å². The van der Waals surface area contributed by atoms with Crippen LogP contribution in [-0.2, 0) is 11.3 Å². The van der Waals surface area contributed by atoms with Crippen LogP contribution in [0.4, 0.5) is 0 Å². The molecule has 0 saturated carbocycles. The number of thiazole rings is 1. The first-order valence-electron chi connectivity index (χ1n) is 5.76. The fraction of sp³-hybridized carbons (Fsp3) is 0.583. The maximum atomic E-state index is 11.8. The van der Waals surface area contributed by atoms with E-state index in [2.05, 4.69) is 10.3 Å². The molecular formula is C12H18N2O3S. The minimum atomic E-state index is -0.975. The number of carboxylic acid groups (broad SMARTS) is 1. The summed E-state index contributed by atoms with van der Waals surface area (Å²) in [5, 5.41) is 12.3. The quantitative estimate of drug-likeness (QED) is 0.859. The van der Waals surface area contributed by atoms with Gasteiger partial charge in [0.05, 0.1) is 12.2 Å². The van der Waals surface area contributed by atoms with Gasteiger partial charge in [-0.05, 0) is 13.3 Å². The molecule has 0 radical (unpaired) electrons. The summed E-state index contributed by atoms with van der Waals surface area (Å²) in [6, 6.07) is 0.